The lowest BCUT2D eigenvalue weighted by Crippen LogP contribution is -2.14. The fraction of sp³-hybridized carbons (Fsp3) is 0.538. The van der Waals surface area contributed by atoms with E-state index in [0.29, 0.717) is 0 Å². The van der Waals surface area contributed by atoms with Crippen LogP contribution in [0, 0.1) is 0 Å². The van der Waals surface area contributed by atoms with Crippen LogP contribution in [0.25, 0.3) is 0 Å². The van der Waals surface area contributed by atoms with Crippen molar-refractivity contribution in [2.75, 3.05) is 5.33 Å². The van der Waals surface area contributed by atoms with Crippen LogP contribution in [-0.4, -0.2) is 11.4 Å². The van der Waals surface area contributed by atoms with Crippen molar-refractivity contribution in [2.45, 2.75) is 39.2 Å². The molecule has 1 atom stereocenters. The first-order valence-electron chi connectivity index (χ1n) is 5.26. The summed E-state index contributed by atoms with van der Waals surface area (Å²) in [5.41, 5.74) is 1.48. The van der Waals surface area contributed by atoms with Gasteiger partial charge in [-0.1, -0.05) is 48.8 Å². The lowest BCUT2D eigenvalue weighted by Gasteiger charge is -2.20. The van der Waals surface area contributed by atoms with Gasteiger partial charge in [0.15, 0.2) is 0 Å². The highest BCUT2D eigenvalue weighted by Crippen LogP contribution is 2.26. The lowest BCUT2D eigenvalue weighted by atomic mass is 9.87. The molecule has 1 nitrogen and oxygen atoms in total. The van der Waals surface area contributed by atoms with Gasteiger partial charge in [0, 0.05) is 5.33 Å². The van der Waals surface area contributed by atoms with Crippen molar-refractivity contribution in [2.24, 2.45) is 0 Å². The van der Waals surface area contributed by atoms with Crippen molar-refractivity contribution in [1.29, 1.82) is 0 Å². The van der Waals surface area contributed by atoms with E-state index in [4.69, 9.17) is 4.74 Å². The molecule has 0 heterocycles. The summed E-state index contributed by atoms with van der Waals surface area (Å²) in [4.78, 5) is 0. The summed E-state index contributed by atoms with van der Waals surface area (Å²) in [6.07, 6.45) is 0.209. The minimum Gasteiger partial charge on any atom is -0.490 e. The zero-order valence-corrected chi connectivity index (χ0v) is 11.5. The van der Waals surface area contributed by atoms with E-state index in [1.807, 2.05) is 6.07 Å². The van der Waals surface area contributed by atoms with Crippen LogP contribution in [0.3, 0.4) is 0 Å². The maximum atomic E-state index is 5.75. The molecule has 1 unspecified atom stereocenters. The Kier molecular flexibility index (Phi) is 4.21. The first kappa shape index (κ1) is 12.6. The second kappa shape index (κ2) is 5.02. The maximum absolute atomic E-state index is 5.75. The normalized spacial score (nSPS) is 13.7. The summed E-state index contributed by atoms with van der Waals surface area (Å²) >= 11 is 3.41. The molecule has 15 heavy (non-hydrogen) atoms. The van der Waals surface area contributed by atoms with Crippen LogP contribution in [0.5, 0.6) is 5.75 Å². The second-order valence-corrected chi connectivity index (χ2v) is 5.51. The average Bonchev–Trinajstić information content (AvgIpc) is 2.17. The van der Waals surface area contributed by atoms with Gasteiger partial charge < -0.3 is 4.74 Å². The smallest absolute Gasteiger partial charge is 0.120 e. The van der Waals surface area contributed by atoms with Gasteiger partial charge in [0.1, 0.15) is 11.9 Å². The van der Waals surface area contributed by atoms with Gasteiger partial charge in [0.05, 0.1) is 0 Å². The van der Waals surface area contributed by atoms with E-state index in [1.165, 1.54) is 5.56 Å². The highest BCUT2D eigenvalue weighted by atomic mass is 79.9. The number of rotatable bonds is 3. The van der Waals surface area contributed by atoms with Crippen LogP contribution >= 0.6 is 15.9 Å². The zero-order chi connectivity index (χ0) is 11.5. The van der Waals surface area contributed by atoms with Crippen molar-refractivity contribution >= 4 is 15.9 Å². The van der Waals surface area contributed by atoms with Crippen LogP contribution in [0.15, 0.2) is 24.3 Å². The molecule has 0 amide bonds. The van der Waals surface area contributed by atoms with Gasteiger partial charge in [-0.15, -0.1) is 0 Å². The van der Waals surface area contributed by atoms with Crippen LogP contribution in [-0.2, 0) is 5.41 Å². The molecule has 0 aromatic heterocycles. The Labute approximate surface area is 101 Å². The standard InChI is InChI=1S/C13H19BrO/c1-10(9-14)15-12-7-5-6-11(8-12)13(2,3)4/h5-8,10H,9H2,1-4H3. The molecule has 0 aliphatic rings. The van der Waals surface area contributed by atoms with E-state index in [0.717, 1.165) is 11.1 Å². The molecule has 0 fully saturated rings. The molecule has 0 radical (unpaired) electrons. The molecule has 0 N–H and O–H groups in total. The van der Waals surface area contributed by atoms with Gasteiger partial charge in [0.2, 0.25) is 0 Å². The molecule has 1 aromatic carbocycles. The monoisotopic (exact) mass is 270 g/mol. The lowest BCUT2D eigenvalue weighted by molar-refractivity contribution is 0.247. The summed E-state index contributed by atoms with van der Waals surface area (Å²) in [5, 5.41) is 0.854. The first-order valence-corrected chi connectivity index (χ1v) is 6.39. The van der Waals surface area contributed by atoms with Crippen LogP contribution in [0.2, 0.25) is 0 Å². The van der Waals surface area contributed by atoms with Crippen LogP contribution in [0.1, 0.15) is 33.3 Å². The molecule has 0 aliphatic carbocycles. The topological polar surface area (TPSA) is 9.23 Å². The Balaban J connectivity index is 2.84. The quantitative estimate of drug-likeness (QED) is 0.750. The fourth-order valence-corrected chi connectivity index (χ4v) is 1.43. The molecule has 2 heteroatoms. The van der Waals surface area contributed by atoms with E-state index in [9.17, 15) is 0 Å². The number of hydrogen-bond donors (Lipinski definition) is 0. The molecular weight excluding hydrogens is 252 g/mol. The third-order valence-electron chi connectivity index (χ3n) is 2.25. The largest absolute Gasteiger partial charge is 0.490 e. The van der Waals surface area contributed by atoms with E-state index >= 15 is 0 Å². The third-order valence-corrected chi connectivity index (χ3v) is 3.17. The van der Waals surface area contributed by atoms with Gasteiger partial charge in [-0.2, -0.15) is 0 Å². The van der Waals surface area contributed by atoms with Crippen molar-refractivity contribution in [3.8, 4) is 5.75 Å². The number of benzene rings is 1. The molecule has 0 bridgehead atoms. The number of ether oxygens (including phenoxy) is 1. The summed E-state index contributed by atoms with van der Waals surface area (Å²) in [7, 11) is 0. The maximum Gasteiger partial charge on any atom is 0.120 e. The number of alkyl halides is 1. The zero-order valence-electron chi connectivity index (χ0n) is 9.88. The summed E-state index contributed by atoms with van der Waals surface area (Å²) < 4.78 is 5.75. The van der Waals surface area contributed by atoms with Crippen LogP contribution < -0.4 is 4.74 Å². The molecule has 1 rings (SSSR count). The minimum absolute atomic E-state index is 0.178. The molecule has 0 saturated heterocycles. The average molecular weight is 271 g/mol. The molecular formula is C13H19BrO. The second-order valence-electron chi connectivity index (χ2n) is 4.86. The molecule has 84 valence electrons. The highest BCUT2D eigenvalue weighted by molar-refractivity contribution is 9.09. The van der Waals surface area contributed by atoms with Gasteiger partial charge in [0.25, 0.3) is 0 Å². The van der Waals surface area contributed by atoms with Crippen molar-refractivity contribution in [3.63, 3.8) is 0 Å². The SMILES string of the molecule is CC(CBr)Oc1cccc(C(C)(C)C)c1. The Morgan fingerprint density at radius 2 is 2.00 bits per heavy atom. The molecule has 1 aromatic rings. The van der Waals surface area contributed by atoms with Crippen molar-refractivity contribution in [1.82, 2.24) is 0 Å². The fourth-order valence-electron chi connectivity index (χ4n) is 1.30. The number of halogens is 1. The number of hydrogen-bond acceptors (Lipinski definition) is 1. The van der Waals surface area contributed by atoms with Crippen LogP contribution in [0.4, 0.5) is 0 Å². The summed E-state index contributed by atoms with van der Waals surface area (Å²) in [5.74, 6) is 0.953. The Morgan fingerprint density at radius 3 is 2.53 bits per heavy atom. The molecule has 0 saturated carbocycles. The van der Waals surface area contributed by atoms with Gasteiger partial charge in [-0.25, -0.2) is 0 Å². The van der Waals surface area contributed by atoms with E-state index < -0.39 is 0 Å². The van der Waals surface area contributed by atoms with E-state index in [2.05, 4.69) is 61.8 Å². The Hall–Kier alpha value is -0.500. The van der Waals surface area contributed by atoms with Gasteiger partial charge in [-0.3, -0.25) is 0 Å². The molecule has 0 spiro atoms. The minimum atomic E-state index is 0.178. The highest BCUT2D eigenvalue weighted by Gasteiger charge is 2.14. The van der Waals surface area contributed by atoms with Gasteiger partial charge >= 0.3 is 0 Å². The van der Waals surface area contributed by atoms with Gasteiger partial charge in [-0.05, 0) is 30.0 Å². The Bertz CT molecular complexity index is 315. The molecule has 0 aliphatic heterocycles. The summed E-state index contributed by atoms with van der Waals surface area (Å²) in [6, 6.07) is 8.33. The van der Waals surface area contributed by atoms with Crippen molar-refractivity contribution in [3.05, 3.63) is 29.8 Å². The summed E-state index contributed by atoms with van der Waals surface area (Å²) in [6.45, 7) is 8.68. The Morgan fingerprint density at radius 1 is 1.33 bits per heavy atom. The predicted molar refractivity (Wildman–Crippen MR) is 69.0 cm³/mol. The van der Waals surface area contributed by atoms with E-state index in [1.54, 1.807) is 0 Å². The third kappa shape index (κ3) is 3.86. The predicted octanol–water partition coefficient (Wildman–Crippen LogP) is 4.15. The first-order chi connectivity index (χ1) is 6.93. The van der Waals surface area contributed by atoms with Crippen molar-refractivity contribution < 1.29 is 4.74 Å². The van der Waals surface area contributed by atoms with E-state index in [-0.39, 0.29) is 11.5 Å².